The summed E-state index contributed by atoms with van der Waals surface area (Å²) in [5.74, 6) is -4.53. The summed E-state index contributed by atoms with van der Waals surface area (Å²) in [7, 11) is 3.43. The maximum Gasteiger partial charge on any atom is 0.256 e. The zero-order chi connectivity index (χ0) is 23.5. The highest BCUT2D eigenvalue weighted by molar-refractivity contribution is 6.09. The summed E-state index contributed by atoms with van der Waals surface area (Å²) in [5, 5.41) is 45.8. The minimum atomic E-state index is -1.07. The van der Waals surface area contributed by atoms with Gasteiger partial charge >= 0.3 is 0 Å². The summed E-state index contributed by atoms with van der Waals surface area (Å²) in [4.78, 5) is 29.5. The van der Waals surface area contributed by atoms with Crippen molar-refractivity contribution in [3.05, 3.63) is 56.0 Å². The highest BCUT2D eigenvalue weighted by Gasteiger charge is 2.42. The molecule has 1 atom stereocenters. The number of Topliss-reactive ketones (excluding diaryl/α,β-unsaturated/α-hetero) is 1. The van der Waals surface area contributed by atoms with Gasteiger partial charge in [0.15, 0.2) is 5.78 Å². The van der Waals surface area contributed by atoms with Crippen molar-refractivity contribution in [3.63, 3.8) is 0 Å². The lowest BCUT2D eigenvalue weighted by atomic mass is 9.70. The van der Waals surface area contributed by atoms with Gasteiger partial charge in [-0.05, 0) is 35.2 Å². The van der Waals surface area contributed by atoms with Crippen LogP contribution in [0.1, 0.15) is 37.4 Å². The second-order valence-corrected chi connectivity index (χ2v) is 7.88. The number of phenols is 3. The summed E-state index contributed by atoms with van der Waals surface area (Å²) >= 11 is 0. The third-order valence-corrected chi connectivity index (χ3v) is 5.95. The molecule has 4 rings (SSSR count). The van der Waals surface area contributed by atoms with Gasteiger partial charge in [0, 0.05) is 42.2 Å². The quantitative estimate of drug-likeness (QED) is 0.276. The van der Waals surface area contributed by atoms with E-state index in [0.717, 1.165) is 6.07 Å². The number of aliphatic hydroxyl groups excluding tert-OH is 1. The van der Waals surface area contributed by atoms with Gasteiger partial charge in [0.2, 0.25) is 0 Å². The fourth-order valence-electron chi connectivity index (χ4n) is 4.50. The monoisotopic (exact) mass is 437 g/mol. The van der Waals surface area contributed by atoms with Gasteiger partial charge in [0.1, 0.15) is 28.6 Å². The Balaban J connectivity index is 1.99. The number of benzene rings is 2. The minimum Gasteiger partial charge on any atom is -0.507 e. The van der Waals surface area contributed by atoms with Crippen LogP contribution in [0.2, 0.25) is 0 Å². The van der Waals surface area contributed by atoms with Gasteiger partial charge in [-0.3, -0.25) is 9.59 Å². The standard InChI is InChI=1S/C21H19N5O6/c1-26(2)13-6-12(24-25-23)20(31)15-11(13)4-7-8(18(15)29)3-9-10(17(7)28)5-14(27)16(19(9)30)21(22)32/h5-6,8,27-28,30-31H,3-4H2,1-2H3,(H2,22,32). The van der Waals surface area contributed by atoms with E-state index >= 15 is 0 Å². The molecule has 0 radical (unpaired) electrons. The first kappa shape index (κ1) is 20.9. The number of carbonyl (C=O) groups excluding carboxylic acids is 2. The molecule has 11 nitrogen and oxygen atoms in total. The molecule has 2 aliphatic carbocycles. The number of ketones is 1. The average Bonchev–Trinajstić information content (AvgIpc) is 2.71. The number of carbonyl (C=O) groups is 2. The number of nitrogens with two attached hydrogens (primary N) is 1. The van der Waals surface area contributed by atoms with E-state index in [1.165, 1.54) is 6.07 Å². The number of anilines is 1. The van der Waals surface area contributed by atoms with Gasteiger partial charge in [-0.15, -0.1) is 0 Å². The number of fused-ring (bicyclic) bond motifs is 3. The zero-order valence-electron chi connectivity index (χ0n) is 17.1. The largest absolute Gasteiger partial charge is 0.507 e. The van der Waals surface area contributed by atoms with Crippen LogP contribution in [0.4, 0.5) is 11.4 Å². The van der Waals surface area contributed by atoms with Crippen molar-refractivity contribution in [2.45, 2.75) is 12.8 Å². The number of primary amides is 1. The SMILES string of the molecule is CN(C)c1cc(N=[N+]=[N-])c(O)c2c1CC1=C(O)c3cc(O)c(C(N)=O)c(O)c3CC1C2=O. The highest BCUT2D eigenvalue weighted by Crippen LogP contribution is 2.50. The summed E-state index contributed by atoms with van der Waals surface area (Å²) in [6.45, 7) is 0. The number of hydrogen-bond acceptors (Lipinski definition) is 8. The molecule has 0 aliphatic heterocycles. The van der Waals surface area contributed by atoms with Crippen LogP contribution in [0.25, 0.3) is 16.2 Å². The number of nitrogens with zero attached hydrogens (tertiary/aromatic N) is 4. The van der Waals surface area contributed by atoms with Crippen LogP contribution in [0.5, 0.6) is 17.2 Å². The topological polar surface area (TPSA) is 193 Å². The van der Waals surface area contributed by atoms with Gasteiger partial charge in [-0.2, -0.15) is 0 Å². The van der Waals surface area contributed by atoms with Crippen LogP contribution < -0.4 is 10.6 Å². The molecule has 2 aliphatic rings. The van der Waals surface area contributed by atoms with Gasteiger partial charge in [-0.1, -0.05) is 5.11 Å². The normalized spacial score (nSPS) is 16.6. The number of allylic oxidation sites excluding steroid dienone is 1. The number of rotatable bonds is 3. The summed E-state index contributed by atoms with van der Waals surface area (Å²) in [6, 6.07) is 2.58. The average molecular weight is 437 g/mol. The number of aliphatic hydroxyl groups is 1. The van der Waals surface area contributed by atoms with Crippen molar-refractivity contribution in [1.82, 2.24) is 0 Å². The molecular weight excluding hydrogens is 418 g/mol. The number of phenolic OH excluding ortho intramolecular Hbond substituents is 1. The van der Waals surface area contributed by atoms with E-state index in [1.807, 2.05) is 0 Å². The fraction of sp³-hybridized carbons (Fsp3) is 0.238. The number of amides is 1. The van der Waals surface area contributed by atoms with Crippen LogP contribution in [-0.4, -0.2) is 46.2 Å². The van der Waals surface area contributed by atoms with E-state index in [2.05, 4.69) is 10.0 Å². The first-order valence-corrected chi connectivity index (χ1v) is 9.53. The Morgan fingerprint density at radius 3 is 2.47 bits per heavy atom. The van der Waals surface area contributed by atoms with Crippen LogP contribution in [0, 0.1) is 5.92 Å². The predicted octanol–water partition coefficient (Wildman–Crippen LogP) is 2.79. The molecule has 32 heavy (non-hydrogen) atoms. The van der Waals surface area contributed by atoms with Crippen LogP contribution in [-0.2, 0) is 12.8 Å². The Bertz CT molecular complexity index is 1310. The molecular formula is C21H19N5O6. The van der Waals surface area contributed by atoms with Gasteiger partial charge < -0.3 is 31.1 Å². The number of hydrogen-bond donors (Lipinski definition) is 5. The lowest BCUT2D eigenvalue weighted by Gasteiger charge is -2.34. The minimum absolute atomic E-state index is 0.0306. The molecule has 0 saturated carbocycles. The van der Waals surface area contributed by atoms with E-state index in [0.29, 0.717) is 16.8 Å². The molecule has 1 unspecified atom stereocenters. The molecule has 0 spiro atoms. The Labute approximate surface area is 181 Å². The summed E-state index contributed by atoms with van der Waals surface area (Å²) < 4.78 is 0. The molecule has 0 aromatic heterocycles. The molecule has 1 amide bonds. The smallest absolute Gasteiger partial charge is 0.256 e. The Morgan fingerprint density at radius 2 is 1.88 bits per heavy atom. The molecule has 0 fully saturated rings. The Hall–Kier alpha value is -4.37. The van der Waals surface area contributed by atoms with E-state index < -0.39 is 40.4 Å². The molecule has 2 aromatic carbocycles. The third kappa shape index (κ3) is 2.79. The fourth-order valence-corrected chi connectivity index (χ4v) is 4.50. The summed E-state index contributed by atoms with van der Waals surface area (Å²) in [6.07, 6.45) is -0.00436. The maximum atomic E-state index is 13.5. The lowest BCUT2D eigenvalue weighted by Crippen LogP contribution is -2.32. The van der Waals surface area contributed by atoms with E-state index in [-0.39, 0.29) is 41.0 Å². The maximum absolute atomic E-state index is 13.5. The van der Waals surface area contributed by atoms with Crippen molar-refractivity contribution in [1.29, 1.82) is 0 Å². The van der Waals surface area contributed by atoms with Crippen LogP contribution >= 0.6 is 0 Å². The lowest BCUT2D eigenvalue weighted by molar-refractivity contribution is 0.0925. The van der Waals surface area contributed by atoms with Crippen LogP contribution in [0.3, 0.4) is 0 Å². The second kappa shape index (κ2) is 7.10. The number of azide groups is 1. The molecule has 0 heterocycles. The summed E-state index contributed by atoms with van der Waals surface area (Å²) in [5.41, 5.74) is 14.9. The van der Waals surface area contributed by atoms with Crippen molar-refractivity contribution < 1.29 is 30.0 Å². The first-order chi connectivity index (χ1) is 15.1. The number of aromatic hydroxyl groups is 3. The molecule has 0 saturated heterocycles. The molecule has 0 bridgehead atoms. The van der Waals surface area contributed by atoms with E-state index in [1.54, 1.807) is 19.0 Å². The van der Waals surface area contributed by atoms with E-state index in [4.69, 9.17) is 11.3 Å². The first-order valence-electron chi connectivity index (χ1n) is 9.53. The van der Waals surface area contributed by atoms with Crippen molar-refractivity contribution in [3.8, 4) is 17.2 Å². The van der Waals surface area contributed by atoms with Gasteiger partial charge in [0.25, 0.3) is 5.91 Å². The van der Waals surface area contributed by atoms with Crippen molar-refractivity contribution >= 4 is 28.8 Å². The van der Waals surface area contributed by atoms with Crippen LogP contribution in [0.15, 0.2) is 22.8 Å². The van der Waals surface area contributed by atoms with E-state index in [9.17, 15) is 30.0 Å². The second-order valence-electron chi connectivity index (χ2n) is 7.88. The molecule has 164 valence electrons. The Kier molecular flexibility index (Phi) is 4.64. The van der Waals surface area contributed by atoms with Crippen molar-refractivity contribution in [2.75, 3.05) is 19.0 Å². The predicted molar refractivity (Wildman–Crippen MR) is 114 cm³/mol. The highest BCUT2D eigenvalue weighted by atomic mass is 16.3. The third-order valence-electron chi connectivity index (χ3n) is 5.95. The van der Waals surface area contributed by atoms with Gasteiger partial charge in [-0.25, -0.2) is 0 Å². The molecule has 2 aromatic rings. The molecule has 11 heteroatoms. The molecule has 6 N–H and O–H groups in total. The Morgan fingerprint density at radius 1 is 1.19 bits per heavy atom. The van der Waals surface area contributed by atoms with Gasteiger partial charge in [0.05, 0.1) is 17.2 Å². The zero-order valence-corrected chi connectivity index (χ0v) is 17.1. The van der Waals surface area contributed by atoms with Crippen molar-refractivity contribution in [2.24, 2.45) is 16.8 Å².